The van der Waals surface area contributed by atoms with E-state index >= 15 is 0 Å². The SMILES string of the molecule is CC(C)CC(NC(=O)C(NC(=O)C(CC(C)C)NC(=O)C(N)Cc1ccccc1)C(C)O)C(=O)O. The van der Waals surface area contributed by atoms with Gasteiger partial charge in [0.25, 0.3) is 0 Å². The van der Waals surface area contributed by atoms with E-state index in [1.54, 1.807) is 0 Å². The third kappa shape index (κ3) is 10.9. The van der Waals surface area contributed by atoms with Crippen molar-refractivity contribution in [1.82, 2.24) is 16.0 Å². The van der Waals surface area contributed by atoms with Crippen molar-refractivity contribution < 1.29 is 29.4 Å². The molecule has 0 aliphatic carbocycles. The minimum Gasteiger partial charge on any atom is -0.480 e. The van der Waals surface area contributed by atoms with Crippen LogP contribution in [0.4, 0.5) is 0 Å². The Morgan fingerprint density at radius 3 is 1.80 bits per heavy atom. The lowest BCUT2D eigenvalue weighted by Crippen LogP contribution is -2.60. The molecule has 0 spiro atoms. The summed E-state index contributed by atoms with van der Waals surface area (Å²) in [4.78, 5) is 50.0. The summed E-state index contributed by atoms with van der Waals surface area (Å²) in [6, 6.07) is 4.78. The molecule has 0 bridgehead atoms. The normalized spacial score (nSPS) is 15.6. The number of nitrogens with one attached hydrogen (secondary N) is 3. The van der Waals surface area contributed by atoms with Gasteiger partial charge in [-0.1, -0.05) is 58.0 Å². The molecule has 3 amide bonds. The Kier molecular flexibility index (Phi) is 12.4. The first-order chi connectivity index (χ1) is 16.3. The summed E-state index contributed by atoms with van der Waals surface area (Å²) in [5.74, 6) is -3.19. The molecular formula is C25H40N4O6. The molecule has 0 fully saturated rings. The molecule has 1 aromatic rings. The van der Waals surface area contributed by atoms with Crippen LogP contribution in [0.3, 0.4) is 0 Å². The fourth-order valence-electron chi connectivity index (χ4n) is 3.56. The lowest BCUT2D eigenvalue weighted by atomic mass is 10.00. The summed E-state index contributed by atoms with van der Waals surface area (Å²) < 4.78 is 0. The first-order valence-electron chi connectivity index (χ1n) is 11.9. The van der Waals surface area contributed by atoms with Crippen LogP contribution >= 0.6 is 0 Å². The van der Waals surface area contributed by atoms with Crippen LogP contribution < -0.4 is 21.7 Å². The molecule has 0 saturated carbocycles. The van der Waals surface area contributed by atoms with Crippen LogP contribution in [0.25, 0.3) is 0 Å². The summed E-state index contributed by atoms with van der Waals surface area (Å²) >= 11 is 0. The predicted octanol–water partition coefficient (Wildman–Crippen LogP) is 0.568. The van der Waals surface area contributed by atoms with E-state index in [1.165, 1.54) is 6.92 Å². The Labute approximate surface area is 207 Å². The molecule has 5 atom stereocenters. The fraction of sp³-hybridized carbons (Fsp3) is 0.600. The number of aliphatic hydroxyl groups is 1. The molecular weight excluding hydrogens is 452 g/mol. The van der Waals surface area contributed by atoms with E-state index in [0.29, 0.717) is 0 Å². The average Bonchev–Trinajstić information content (AvgIpc) is 2.75. The van der Waals surface area contributed by atoms with Crippen LogP contribution in [0.1, 0.15) is 53.0 Å². The molecule has 0 aliphatic rings. The van der Waals surface area contributed by atoms with Gasteiger partial charge in [0.2, 0.25) is 17.7 Å². The summed E-state index contributed by atoms with van der Waals surface area (Å²) in [5, 5.41) is 27.0. The molecule has 0 saturated heterocycles. The number of carbonyl (C=O) groups is 4. The molecule has 0 aliphatic heterocycles. The van der Waals surface area contributed by atoms with Gasteiger partial charge in [-0.3, -0.25) is 14.4 Å². The third-order valence-electron chi connectivity index (χ3n) is 5.36. The van der Waals surface area contributed by atoms with Crippen LogP contribution in [0.5, 0.6) is 0 Å². The van der Waals surface area contributed by atoms with Crippen LogP contribution in [-0.4, -0.2) is 64.2 Å². The lowest BCUT2D eigenvalue weighted by molar-refractivity contribution is -0.143. The zero-order valence-electron chi connectivity index (χ0n) is 21.2. The predicted molar refractivity (Wildman–Crippen MR) is 132 cm³/mol. The second-order valence-corrected chi connectivity index (χ2v) is 9.74. The van der Waals surface area contributed by atoms with Crippen molar-refractivity contribution in [2.45, 2.75) is 84.2 Å². The fourth-order valence-corrected chi connectivity index (χ4v) is 3.56. The molecule has 10 nitrogen and oxygen atoms in total. The maximum absolute atomic E-state index is 13.0. The van der Waals surface area contributed by atoms with Crippen molar-refractivity contribution in [3.63, 3.8) is 0 Å². The molecule has 1 rings (SSSR count). The van der Waals surface area contributed by atoms with Crippen molar-refractivity contribution in [3.05, 3.63) is 35.9 Å². The number of aliphatic hydroxyl groups excluding tert-OH is 1. The van der Waals surface area contributed by atoms with E-state index < -0.39 is 54.0 Å². The number of hydrogen-bond donors (Lipinski definition) is 6. The molecule has 35 heavy (non-hydrogen) atoms. The number of amides is 3. The molecule has 0 heterocycles. The highest BCUT2D eigenvalue weighted by molar-refractivity contribution is 5.94. The van der Waals surface area contributed by atoms with Crippen molar-refractivity contribution in [2.75, 3.05) is 0 Å². The molecule has 196 valence electrons. The van der Waals surface area contributed by atoms with Crippen LogP contribution in [-0.2, 0) is 25.6 Å². The molecule has 0 aromatic heterocycles. The Bertz CT molecular complexity index is 844. The smallest absolute Gasteiger partial charge is 0.326 e. The first-order valence-corrected chi connectivity index (χ1v) is 11.9. The van der Waals surface area contributed by atoms with E-state index in [-0.39, 0.29) is 31.1 Å². The van der Waals surface area contributed by atoms with Gasteiger partial charge in [0, 0.05) is 0 Å². The highest BCUT2D eigenvalue weighted by Gasteiger charge is 2.33. The summed E-state index contributed by atoms with van der Waals surface area (Å²) in [7, 11) is 0. The summed E-state index contributed by atoms with van der Waals surface area (Å²) in [6.07, 6.45) is -0.557. The highest BCUT2D eigenvalue weighted by atomic mass is 16.4. The Balaban J connectivity index is 2.92. The van der Waals surface area contributed by atoms with Gasteiger partial charge in [-0.05, 0) is 43.6 Å². The van der Waals surface area contributed by atoms with Gasteiger partial charge in [-0.25, -0.2) is 4.79 Å². The molecule has 5 unspecified atom stereocenters. The van der Waals surface area contributed by atoms with Gasteiger partial charge in [0.15, 0.2) is 0 Å². The Morgan fingerprint density at radius 1 is 0.800 bits per heavy atom. The van der Waals surface area contributed by atoms with Gasteiger partial charge >= 0.3 is 5.97 Å². The number of nitrogens with two attached hydrogens (primary N) is 1. The monoisotopic (exact) mass is 492 g/mol. The van der Waals surface area contributed by atoms with Gasteiger partial charge in [-0.2, -0.15) is 0 Å². The van der Waals surface area contributed by atoms with E-state index in [1.807, 2.05) is 58.0 Å². The molecule has 7 N–H and O–H groups in total. The van der Waals surface area contributed by atoms with Gasteiger partial charge in [-0.15, -0.1) is 0 Å². The van der Waals surface area contributed by atoms with Gasteiger partial charge in [0.1, 0.15) is 18.1 Å². The van der Waals surface area contributed by atoms with Gasteiger partial charge < -0.3 is 31.9 Å². The number of hydrogen-bond acceptors (Lipinski definition) is 6. The molecule has 1 aromatic carbocycles. The topological polar surface area (TPSA) is 171 Å². The standard InChI is InChI=1S/C25H40N4O6/c1-14(2)11-19(27-22(31)18(26)13-17-9-7-6-8-10-17)23(32)29-21(16(5)30)24(33)28-20(25(34)35)12-15(3)4/h6-10,14-16,18-21,30H,11-13,26H2,1-5H3,(H,27,31)(H,28,33)(H,29,32)(H,34,35). The molecule has 10 heteroatoms. The van der Waals surface area contributed by atoms with Crippen molar-refractivity contribution >= 4 is 23.7 Å². The average molecular weight is 493 g/mol. The maximum atomic E-state index is 13.0. The zero-order chi connectivity index (χ0) is 26.7. The van der Waals surface area contributed by atoms with Crippen molar-refractivity contribution in [3.8, 4) is 0 Å². The Morgan fingerprint density at radius 2 is 1.31 bits per heavy atom. The number of benzene rings is 1. The van der Waals surface area contributed by atoms with E-state index in [4.69, 9.17) is 5.73 Å². The number of aliphatic carboxylic acids is 1. The van der Waals surface area contributed by atoms with E-state index in [0.717, 1.165) is 5.56 Å². The first kappa shape index (κ1) is 30.1. The number of carboxylic acid groups (broad SMARTS) is 1. The largest absolute Gasteiger partial charge is 0.480 e. The number of carbonyl (C=O) groups excluding carboxylic acids is 3. The van der Waals surface area contributed by atoms with E-state index in [2.05, 4.69) is 16.0 Å². The minimum absolute atomic E-state index is 0.00159. The Hall–Kier alpha value is -2.98. The highest BCUT2D eigenvalue weighted by Crippen LogP contribution is 2.09. The zero-order valence-corrected chi connectivity index (χ0v) is 21.2. The number of carboxylic acids is 1. The maximum Gasteiger partial charge on any atom is 0.326 e. The summed E-state index contributed by atoms with van der Waals surface area (Å²) in [5.41, 5.74) is 6.92. The van der Waals surface area contributed by atoms with E-state index in [9.17, 15) is 29.4 Å². The molecule has 0 radical (unpaired) electrons. The second-order valence-electron chi connectivity index (χ2n) is 9.74. The van der Waals surface area contributed by atoms with Crippen LogP contribution in [0, 0.1) is 11.8 Å². The third-order valence-corrected chi connectivity index (χ3v) is 5.36. The number of rotatable bonds is 14. The minimum atomic E-state index is -1.40. The van der Waals surface area contributed by atoms with Crippen molar-refractivity contribution in [1.29, 1.82) is 0 Å². The van der Waals surface area contributed by atoms with Gasteiger partial charge in [0.05, 0.1) is 12.1 Å². The van der Waals surface area contributed by atoms with Crippen molar-refractivity contribution in [2.24, 2.45) is 17.6 Å². The second kappa shape index (κ2) is 14.4. The van der Waals surface area contributed by atoms with Crippen LogP contribution in [0.2, 0.25) is 0 Å². The lowest BCUT2D eigenvalue weighted by Gasteiger charge is -2.27. The quantitative estimate of drug-likeness (QED) is 0.220. The summed E-state index contributed by atoms with van der Waals surface area (Å²) in [6.45, 7) is 8.70. The van der Waals surface area contributed by atoms with Crippen LogP contribution in [0.15, 0.2) is 30.3 Å².